The van der Waals surface area contributed by atoms with Gasteiger partial charge < -0.3 is 20.1 Å². The zero-order chi connectivity index (χ0) is 15.1. The minimum atomic E-state index is 0.618. The molecular weight excluding hydrogens is 286 g/mol. The molecule has 0 aliphatic carbocycles. The van der Waals surface area contributed by atoms with Crippen LogP contribution in [0.15, 0.2) is 18.2 Å². The number of hydrogen-bond acceptors (Lipinski definition) is 4. The Kier molecular flexibility index (Phi) is 6.22. The largest absolute Gasteiger partial charge is 0.495 e. The zero-order valence-electron chi connectivity index (χ0n) is 12.6. The number of thiocarbonyl (C=S) groups is 1. The SMILES string of the molecule is COc1ccc(C)cc1NC(=S)NCCN1CCOCC1. The molecule has 0 unspecified atom stereocenters. The maximum absolute atomic E-state index is 5.33. The topological polar surface area (TPSA) is 45.8 Å². The summed E-state index contributed by atoms with van der Waals surface area (Å²) in [4.78, 5) is 2.37. The van der Waals surface area contributed by atoms with E-state index in [2.05, 4.69) is 15.5 Å². The fourth-order valence-corrected chi connectivity index (χ4v) is 2.45. The maximum atomic E-state index is 5.33. The summed E-state index contributed by atoms with van der Waals surface area (Å²) in [5.41, 5.74) is 2.05. The van der Waals surface area contributed by atoms with E-state index in [0.717, 1.165) is 56.4 Å². The molecule has 5 nitrogen and oxygen atoms in total. The van der Waals surface area contributed by atoms with Gasteiger partial charge in [0.2, 0.25) is 0 Å². The zero-order valence-corrected chi connectivity index (χ0v) is 13.5. The average Bonchev–Trinajstić information content (AvgIpc) is 2.48. The van der Waals surface area contributed by atoms with Gasteiger partial charge in [0.05, 0.1) is 26.0 Å². The quantitative estimate of drug-likeness (QED) is 0.806. The second-order valence-electron chi connectivity index (χ2n) is 5.04. The van der Waals surface area contributed by atoms with Gasteiger partial charge in [0.1, 0.15) is 5.75 Å². The lowest BCUT2D eigenvalue weighted by molar-refractivity contribution is 0.0389. The Hall–Kier alpha value is -1.37. The molecule has 1 aromatic rings. The van der Waals surface area contributed by atoms with E-state index >= 15 is 0 Å². The van der Waals surface area contributed by atoms with Crippen molar-refractivity contribution in [1.82, 2.24) is 10.2 Å². The molecule has 0 atom stereocenters. The number of ether oxygens (including phenoxy) is 2. The van der Waals surface area contributed by atoms with Crippen LogP contribution < -0.4 is 15.4 Å². The van der Waals surface area contributed by atoms with E-state index in [9.17, 15) is 0 Å². The number of morpholine rings is 1. The van der Waals surface area contributed by atoms with Crippen molar-refractivity contribution in [3.05, 3.63) is 23.8 Å². The van der Waals surface area contributed by atoms with Crippen LogP contribution in [0, 0.1) is 6.92 Å². The van der Waals surface area contributed by atoms with E-state index in [4.69, 9.17) is 21.7 Å². The molecular formula is C15H23N3O2S. The molecule has 0 bridgehead atoms. The van der Waals surface area contributed by atoms with Gasteiger partial charge in [0.25, 0.3) is 0 Å². The van der Waals surface area contributed by atoms with Crippen molar-refractivity contribution in [2.75, 3.05) is 51.8 Å². The molecule has 21 heavy (non-hydrogen) atoms. The van der Waals surface area contributed by atoms with Crippen molar-refractivity contribution < 1.29 is 9.47 Å². The van der Waals surface area contributed by atoms with Gasteiger partial charge in [0, 0.05) is 26.2 Å². The number of nitrogens with zero attached hydrogens (tertiary/aromatic N) is 1. The van der Waals surface area contributed by atoms with Crippen molar-refractivity contribution in [1.29, 1.82) is 0 Å². The van der Waals surface area contributed by atoms with Gasteiger partial charge in [-0.15, -0.1) is 0 Å². The third kappa shape index (κ3) is 5.15. The standard InChI is InChI=1S/C15H23N3O2S/c1-12-3-4-14(19-2)13(11-12)17-15(21)16-5-6-18-7-9-20-10-8-18/h3-4,11H,5-10H2,1-2H3,(H2,16,17,21). The van der Waals surface area contributed by atoms with Crippen molar-refractivity contribution in [3.63, 3.8) is 0 Å². The van der Waals surface area contributed by atoms with E-state index < -0.39 is 0 Å². The van der Waals surface area contributed by atoms with E-state index in [1.807, 2.05) is 25.1 Å². The first-order valence-electron chi connectivity index (χ1n) is 7.18. The minimum Gasteiger partial charge on any atom is -0.495 e. The summed E-state index contributed by atoms with van der Waals surface area (Å²) in [5.74, 6) is 0.790. The summed E-state index contributed by atoms with van der Waals surface area (Å²) in [5, 5.41) is 7.04. The number of hydrogen-bond donors (Lipinski definition) is 2. The summed E-state index contributed by atoms with van der Waals surface area (Å²) in [6.45, 7) is 7.46. The summed E-state index contributed by atoms with van der Waals surface area (Å²) < 4.78 is 10.7. The highest BCUT2D eigenvalue weighted by atomic mass is 32.1. The van der Waals surface area contributed by atoms with Crippen molar-refractivity contribution in [2.45, 2.75) is 6.92 Å². The Morgan fingerprint density at radius 2 is 2.14 bits per heavy atom. The molecule has 1 saturated heterocycles. The summed E-state index contributed by atoms with van der Waals surface area (Å²) in [6, 6.07) is 5.97. The molecule has 1 aliphatic rings. The van der Waals surface area contributed by atoms with E-state index in [0.29, 0.717) is 5.11 Å². The lowest BCUT2D eigenvalue weighted by Gasteiger charge is -2.26. The van der Waals surface area contributed by atoms with E-state index in [1.165, 1.54) is 0 Å². The molecule has 0 saturated carbocycles. The molecule has 0 radical (unpaired) electrons. The Labute approximate surface area is 131 Å². The number of aryl methyl sites for hydroxylation is 1. The van der Waals surface area contributed by atoms with Crippen LogP contribution in [-0.2, 0) is 4.74 Å². The molecule has 1 aliphatic heterocycles. The fourth-order valence-electron chi connectivity index (χ4n) is 2.24. The number of methoxy groups -OCH3 is 1. The van der Waals surface area contributed by atoms with Crippen LogP contribution >= 0.6 is 12.2 Å². The number of benzene rings is 1. The second kappa shape index (κ2) is 8.17. The van der Waals surface area contributed by atoms with Crippen molar-refractivity contribution in [2.24, 2.45) is 0 Å². The lowest BCUT2D eigenvalue weighted by Crippen LogP contribution is -2.42. The first-order chi connectivity index (χ1) is 10.2. The average molecular weight is 309 g/mol. The molecule has 1 aromatic carbocycles. The molecule has 6 heteroatoms. The second-order valence-corrected chi connectivity index (χ2v) is 5.45. The smallest absolute Gasteiger partial charge is 0.170 e. The van der Waals surface area contributed by atoms with Crippen LogP contribution in [0.3, 0.4) is 0 Å². The molecule has 0 spiro atoms. The summed E-state index contributed by atoms with van der Waals surface area (Å²) in [7, 11) is 1.66. The first-order valence-corrected chi connectivity index (χ1v) is 7.59. The highest BCUT2D eigenvalue weighted by molar-refractivity contribution is 7.80. The molecule has 1 fully saturated rings. The van der Waals surface area contributed by atoms with E-state index in [1.54, 1.807) is 7.11 Å². The number of nitrogens with one attached hydrogen (secondary N) is 2. The van der Waals surface area contributed by atoms with Gasteiger partial charge in [0.15, 0.2) is 5.11 Å². The monoisotopic (exact) mass is 309 g/mol. The molecule has 2 N–H and O–H groups in total. The predicted octanol–water partition coefficient (Wildman–Crippen LogP) is 1.62. The van der Waals surface area contributed by atoms with Gasteiger partial charge in [-0.05, 0) is 36.8 Å². The summed E-state index contributed by atoms with van der Waals surface area (Å²) >= 11 is 5.33. The van der Waals surface area contributed by atoms with Gasteiger partial charge in [-0.2, -0.15) is 0 Å². The number of anilines is 1. The maximum Gasteiger partial charge on any atom is 0.170 e. The number of rotatable bonds is 5. The highest BCUT2D eigenvalue weighted by Gasteiger charge is 2.10. The van der Waals surface area contributed by atoms with Crippen LogP contribution in [0.25, 0.3) is 0 Å². The van der Waals surface area contributed by atoms with Gasteiger partial charge in [-0.25, -0.2) is 0 Å². The molecule has 0 amide bonds. The van der Waals surface area contributed by atoms with Crippen molar-refractivity contribution >= 4 is 23.0 Å². The van der Waals surface area contributed by atoms with Gasteiger partial charge in [-0.1, -0.05) is 6.07 Å². The van der Waals surface area contributed by atoms with Gasteiger partial charge >= 0.3 is 0 Å². The lowest BCUT2D eigenvalue weighted by atomic mass is 10.2. The van der Waals surface area contributed by atoms with Crippen LogP contribution in [-0.4, -0.2) is 56.5 Å². The molecule has 2 rings (SSSR count). The van der Waals surface area contributed by atoms with Crippen LogP contribution in [0.4, 0.5) is 5.69 Å². The fraction of sp³-hybridized carbons (Fsp3) is 0.533. The third-order valence-corrected chi connectivity index (χ3v) is 3.67. The first kappa shape index (κ1) is 16.0. The van der Waals surface area contributed by atoms with E-state index in [-0.39, 0.29) is 0 Å². The molecule has 1 heterocycles. The minimum absolute atomic E-state index is 0.618. The summed E-state index contributed by atoms with van der Waals surface area (Å²) in [6.07, 6.45) is 0. The molecule has 0 aromatic heterocycles. The normalized spacial score (nSPS) is 15.5. The van der Waals surface area contributed by atoms with Crippen molar-refractivity contribution in [3.8, 4) is 5.75 Å². The van der Waals surface area contributed by atoms with Crippen LogP contribution in [0.5, 0.6) is 5.75 Å². The predicted molar refractivity (Wildman–Crippen MR) is 89.2 cm³/mol. The van der Waals surface area contributed by atoms with Crippen LogP contribution in [0.2, 0.25) is 0 Å². The Morgan fingerprint density at radius 3 is 2.86 bits per heavy atom. The van der Waals surface area contributed by atoms with Crippen LogP contribution in [0.1, 0.15) is 5.56 Å². The van der Waals surface area contributed by atoms with Gasteiger partial charge in [-0.3, -0.25) is 4.90 Å². The highest BCUT2D eigenvalue weighted by Crippen LogP contribution is 2.24. The Morgan fingerprint density at radius 1 is 1.38 bits per heavy atom. The molecule has 116 valence electrons. The Balaban J connectivity index is 1.77. The third-order valence-electron chi connectivity index (χ3n) is 3.42. The Bertz CT molecular complexity index is 476.